The summed E-state index contributed by atoms with van der Waals surface area (Å²) in [5.41, 5.74) is 1.63. The van der Waals surface area contributed by atoms with Crippen LogP contribution in [-0.4, -0.2) is 41.9 Å². The van der Waals surface area contributed by atoms with Gasteiger partial charge in [-0.05, 0) is 41.8 Å². The molecule has 0 spiro atoms. The third-order valence-corrected chi connectivity index (χ3v) is 5.43. The summed E-state index contributed by atoms with van der Waals surface area (Å²) >= 11 is 6.75. The van der Waals surface area contributed by atoms with Crippen molar-refractivity contribution in [1.29, 1.82) is 0 Å². The number of esters is 1. The molecule has 144 valence electrons. The Kier molecular flexibility index (Phi) is 5.37. The molecule has 0 aromatic heterocycles. The molecule has 2 atom stereocenters. The van der Waals surface area contributed by atoms with Crippen LogP contribution in [-0.2, 0) is 22.4 Å². The normalized spacial score (nSPS) is 21.7. The fourth-order valence-electron chi connectivity index (χ4n) is 3.29. The average molecular weight is 393 g/mol. The van der Waals surface area contributed by atoms with Gasteiger partial charge in [-0.3, -0.25) is 4.79 Å². The monoisotopic (exact) mass is 392 g/mol. The van der Waals surface area contributed by atoms with Crippen molar-refractivity contribution in [3.63, 3.8) is 0 Å². The zero-order valence-electron chi connectivity index (χ0n) is 15.1. The minimum atomic E-state index is -1.23. The summed E-state index contributed by atoms with van der Waals surface area (Å²) < 4.78 is 15.5. The minimum absolute atomic E-state index is 0.0200. The third-order valence-electron chi connectivity index (χ3n) is 4.83. The number of ether oxygens (including phenoxy) is 3. The second-order valence-electron chi connectivity index (χ2n) is 6.55. The highest BCUT2D eigenvalue weighted by atomic mass is 35.5. The zero-order valence-corrected chi connectivity index (χ0v) is 15.8. The largest absolute Gasteiger partial charge is 0.504 e. The van der Waals surface area contributed by atoms with Crippen LogP contribution in [0.1, 0.15) is 11.1 Å². The molecule has 0 amide bonds. The summed E-state index contributed by atoms with van der Waals surface area (Å²) in [6.45, 7) is 0.209. The van der Waals surface area contributed by atoms with E-state index < -0.39 is 10.8 Å². The number of phenols is 2. The Balaban J connectivity index is 1.84. The number of rotatable bonds is 6. The summed E-state index contributed by atoms with van der Waals surface area (Å²) in [6, 6.07) is 9.90. The van der Waals surface area contributed by atoms with Crippen LogP contribution in [0.4, 0.5) is 0 Å². The van der Waals surface area contributed by atoms with E-state index in [2.05, 4.69) is 0 Å². The van der Waals surface area contributed by atoms with E-state index in [0.717, 1.165) is 11.1 Å². The maximum Gasteiger partial charge on any atom is 0.327 e. The molecule has 27 heavy (non-hydrogen) atoms. The van der Waals surface area contributed by atoms with Crippen LogP contribution in [0.3, 0.4) is 0 Å². The number of methoxy groups -OCH3 is 2. The molecule has 2 aromatic rings. The van der Waals surface area contributed by atoms with Crippen LogP contribution in [0.5, 0.6) is 23.0 Å². The first-order chi connectivity index (χ1) is 12.9. The first-order valence-corrected chi connectivity index (χ1v) is 8.83. The lowest BCUT2D eigenvalue weighted by Crippen LogP contribution is -2.38. The second-order valence-corrected chi connectivity index (χ2v) is 7.23. The molecule has 0 bridgehead atoms. The van der Waals surface area contributed by atoms with Gasteiger partial charge in [0.25, 0.3) is 0 Å². The molecule has 1 aliphatic rings. The van der Waals surface area contributed by atoms with Crippen LogP contribution in [0.2, 0.25) is 0 Å². The first kappa shape index (κ1) is 19.2. The number of carbonyl (C=O) groups excluding carboxylic acids is 1. The molecule has 2 aromatic carbocycles. The van der Waals surface area contributed by atoms with Crippen molar-refractivity contribution in [2.75, 3.05) is 20.8 Å². The Morgan fingerprint density at radius 3 is 2.22 bits per heavy atom. The van der Waals surface area contributed by atoms with Crippen molar-refractivity contribution in [1.82, 2.24) is 0 Å². The number of hydrogen-bond acceptors (Lipinski definition) is 6. The van der Waals surface area contributed by atoms with E-state index in [1.807, 2.05) is 0 Å². The van der Waals surface area contributed by atoms with Crippen molar-refractivity contribution in [2.45, 2.75) is 17.7 Å². The van der Waals surface area contributed by atoms with E-state index in [-0.39, 0.29) is 30.4 Å². The maximum atomic E-state index is 12.4. The van der Waals surface area contributed by atoms with Crippen molar-refractivity contribution >= 4 is 17.6 Å². The number of aromatic hydroxyl groups is 2. The van der Waals surface area contributed by atoms with Crippen LogP contribution in [0.15, 0.2) is 36.4 Å². The Morgan fingerprint density at radius 2 is 1.63 bits per heavy atom. The lowest BCUT2D eigenvalue weighted by molar-refractivity contribution is -0.140. The molecule has 3 rings (SSSR count). The second kappa shape index (κ2) is 7.56. The van der Waals surface area contributed by atoms with Gasteiger partial charge in [-0.1, -0.05) is 12.1 Å². The SMILES string of the molecule is COc1cc(C[C@H]2COC(=O)[C@]2(Cl)Cc2ccc(O)c(OC)c2)ccc1O. The summed E-state index contributed by atoms with van der Waals surface area (Å²) in [6.07, 6.45) is 0.727. The number of hydrogen-bond donors (Lipinski definition) is 2. The molecule has 2 N–H and O–H groups in total. The lowest BCUT2D eigenvalue weighted by atomic mass is 9.84. The van der Waals surface area contributed by atoms with Gasteiger partial charge in [0, 0.05) is 12.3 Å². The number of cyclic esters (lactones) is 1. The molecule has 1 aliphatic heterocycles. The highest BCUT2D eigenvalue weighted by Crippen LogP contribution is 2.40. The summed E-state index contributed by atoms with van der Waals surface area (Å²) in [4.78, 5) is 11.2. The number of carbonyl (C=O) groups is 1. The smallest absolute Gasteiger partial charge is 0.327 e. The first-order valence-electron chi connectivity index (χ1n) is 8.45. The maximum absolute atomic E-state index is 12.4. The van der Waals surface area contributed by atoms with E-state index in [0.29, 0.717) is 17.9 Å². The lowest BCUT2D eigenvalue weighted by Gasteiger charge is -2.25. The van der Waals surface area contributed by atoms with Gasteiger partial charge >= 0.3 is 5.97 Å². The molecule has 0 saturated carbocycles. The molecule has 1 fully saturated rings. The molecule has 1 heterocycles. The zero-order chi connectivity index (χ0) is 19.6. The van der Waals surface area contributed by atoms with Crippen molar-refractivity contribution in [3.8, 4) is 23.0 Å². The van der Waals surface area contributed by atoms with E-state index in [4.69, 9.17) is 25.8 Å². The van der Waals surface area contributed by atoms with E-state index in [9.17, 15) is 15.0 Å². The Bertz CT molecular complexity index is 852. The fraction of sp³-hybridized carbons (Fsp3) is 0.350. The number of phenolic OH excluding ortho intramolecular Hbond substituents is 2. The summed E-state index contributed by atoms with van der Waals surface area (Å²) in [7, 11) is 2.94. The minimum Gasteiger partial charge on any atom is -0.504 e. The van der Waals surface area contributed by atoms with Crippen LogP contribution >= 0.6 is 11.6 Å². The molecule has 0 unspecified atom stereocenters. The third kappa shape index (κ3) is 3.76. The van der Waals surface area contributed by atoms with Gasteiger partial charge in [0.1, 0.15) is 0 Å². The molecule has 7 heteroatoms. The Morgan fingerprint density at radius 1 is 1.07 bits per heavy atom. The highest BCUT2D eigenvalue weighted by molar-refractivity contribution is 6.35. The van der Waals surface area contributed by atoms with Gasteiger partial charge in [0.05, 0.1) is 20.8 Å². The van der Waals surface area contributed by atoms with Gasteiger partial charge < -0.3 is 24.4 Å². The quantitative estimate of drug-likeness (QED) is 0.580. The van der Waals surface area contributed by atoms with Gasteiger partial charge in [-0.2, -0.15) is 0 Å². The van der Waals surface area contributed by atoms with Crippen LogP contribution < -0.4 is 9.47 Å². The van der Waals surface area contributed by atoms with Gasteiger partial charge in [0.2, 0.25) is 0 Å². The molecule has 0 radical (unpaired) electrons. The van der Waals surface area contributed by atoms with Crippen LogP contribution in [0, 0.1) is 5.92 Å². The number of benzene rings is 2. The molecule has 6 nitrogen and oxygen atoms in total. The summed E-state index contributed by atoms with van der Waals surface area (Å²) in [5, 5.41) is 19.5. The number of halogens is 1. The Hall–Kier alpha value is -2.60. The Labute approximate surface area is 162 Å². The average Bonchev–Trinajstić information content (AvgIpc) is 2.92. The van der Waals surface area contributed by atoms with Crippen LogP contribution in [0.25, 0.3) is 0 Å². The topological polar surface area (TPSA) is 85.2 Å². The molecular formula is C20H21ClO6. The molecular weight excluding hydrogens is 372 g/mol. The van der Waals surface area contributed by atoms with E-state index in [1.165, 1.54) is 20.3 Å². The highest BCUT2D eigenvalue weighted by Gasteiger charge is 2.51. The van der Waals surface area contributed by atoms with Crippen molar-refractivity contribution in [3.05, 3.63) is 47.5 Å². The van der Waals surface area contributed by atoms with Crippen molar-refractivity contribution in [2.24, 2.45) is 5.92 Å². The van der Waals surface area contributed by atoms with Gasteiger partial charge in [-0.15, -0.1) is 11.6 Å². The summed E-state index contributed by atoms with van der Waals surface area (Å²) in [5.74, 6) is 0.0211. The molecule has 1 saturated heterocycles. The van der Waals surface area contributed by atoms with Gasteiger partial charge in [-0.25, -0.2) is 0 Å². The predicted octanol–water partition coefficient (Wildman–Crippen LogP) is 3.05. The number of alkyl halides is 1. The standard InChI is InChI=1S/C20H21ClO6/c1-25-17-8-12(3-5-15(17)22)7-14-11-27-19(24)20(14,21)10-13-4-6-16(23)18(9-13)26-2/h3-6,8-9,14,22-23H,7,10-11H2,1-2H3/t14-,20-/m0/s1. The fourth-order valence-corrected chi connectivity index (χ4v) is 3.64. The van der Waals surface area contributed by atoms with E-state index in [1.54, 1.807) is 30.3 Å². The molecule has 0 aliphatic carbocycles. The van der Waals surface area contributed by atoms with Gasteiger partial charge in [0.15, 0.2) is 27.9 Å². The predicted molar refractivity (Wildman–Crippen MR) is 99.8 cm³/mol. The van der Waals surface area contributed by atoms with E-state index >= 15 is 0 Å². The van der Waals surface area contributed by atoms with Crippen molar-refractivity contribution < 1.29 is 29.2 Å².